The van der Waals surface area contributed by atoms with Gasteiger partial charge in [0.15, 0.2) is 11.5 Å². The van der Waals surface area contributed by atoms with Crippen LogP contribution in [-0.4, -0.2) is 45.6 Å². The number of rotatable bonds is 5. The zero-order chi connectivity index (χ0) is 38.8. The predicted octanol–water partition coefficient (Wildman–Crippen LogP) is 8.94. The molecule has 6 atom stereocenters. The quantitative estimate of drug-likeness (QED) is 0.138. The lowest BCUT2D eigenvalue weighted by molar-refractivity contribution is -0.131. The number of methoxy groups -OCH3 is 1. The second-order valence-corrected chi connectivity index (χ2v) is 17.9. The Hall–Kier alpha value is -4.30. The van der Waals surface area contributed by atoms with Crippen molar-refractivity contribution >= 4 is 100 Å². The van der Waals surface area contributed by atoms with E-state index >= 15 is 4.79 Å². The number of amides is 4. The van der Waals surface area contributed by atoms with Crippen LogP contribution in [0.25, 0.3) is 20.7 Å². The summed E-state index contributed by atoms with van der Waals surface area (Å²) in [4.78, 5) is 62.1. The van der Waals surface area contributed by atoms with Gasteiger partial charge in [-0.15, -0.1) is 11.3 Å². The molecule has 1 saturated carbocycles. The number of anilines is 2. The Bertz CT molecular complexity index is 2570. The summed E-state index contributed by atoms with van der Waals surface area (Å²) in [6, 6.07) is 18.1. The number of aryl methyl sites for hydroxylation is 2. The van der Waals surface area contributed by atoms with Crippen LogP contribution in [0, 0.1) is 36.0 Å². The third kappa shape index (κ3) is 5.05. The zero-order valence-corrected chi connectivity index (χ0v) is 34.7. The van der Waals surface area contributed by atoms with Crippen LogP contribution in [0.2, 0.25) is 5.02 Å². The van der Waals surface area contributed by atoms with Crippen LogP contribution in [-0.2, 0) is 26.2 Å². The molecule has 5 aromatic rings. The number of fused-ring (bicyclic) bond motifs is 5. The van der Waals surface area contributed by atoms with Crippen molar-refractivity contribution in [2.45, 2.75) is 32.6 Å². The van der Waals surface area contributed by atoms with E-state index in [4.69, 9.17) is 21.4 Å². The Labute approximate surface area is 341 Å². The van der Waals surface area contributed by atoms with E-state index < -0.39 is 46.8 Å². The van der Waals surface area contributed by atoms with Crippen molar-refractivity contribution in [3.05, 3.63) is 97.4 Å². The lowest BCUT2D eigenvalue weighted by atomic mass is 9.51. The summed E-state index contributed by atoms with van der Waals surface area (Å²) >= 11 is 15.1. The normalized spacial score (nSPS) is 26.1. The van der Waals surface area contributed by atoms with Gasteiger partial charge in [0.1, 0.15) is 11.5 Å². The number of ether oxygens (including phenoxy) is 1. The lowest BCUT2D eigenvalue weighted by Crippen LogP contribution is -2.49. The monoisotopic (exact) mass is 902 g/mol. The van der Waals surface area contributed by atoms with E-state index in [-0.39, 0.29) is 29.7 Å². The summed E-state index contributed by atoms with van der Waals surface area (Å²) in [5.74, 6) is -4.48. The highest BCUT2D eigenvalue weighted by Crippen LogP contribution is 2.65. The standard InChI is InChI=1S/C41H33Br2ClN4O6S/c1-18-23-14-19(44)10-13-29(23)55-36(18)27-17-30(46(3)45-27)48-38(51)26-15-24-21(11-12-22-31(24)39(52)47(37(22)50)20-8-6-5-7-9-20)32(41(26,2)40(48)53)25-16-28(54-4)35(49)34(43)33(25)42/h5-11,13-14,16-17,22,24,26,31-32,49H,12,15H2,1-4H3/t22-,24+,26-,31-,32+,41+/m0/s1. The highest BCUT2D eigenvalue weighted by atomic mass is 79.9. The van der Waals surface area contributed by atoms with Crippen LogP contribution < -0.4 is 14.5 Å². The number of para-hydroxylation sites is 1. The molecule has 4 heterocycles. The van der Waals surface area contributed by atoms with Gasteiger partial charge in [-0.25, -0.2) is 4.90 Å². The van der Waals surface area contributed by atoms with Gasteiger partial charge in [0, 0.05) is 33.2 Å². The molecule has 14 heteroatoms. The number of benzene rings is 3. The third-order valence-electron chi connectivity index (χ3n) is 12.2. The number of nitrogens with zero attached hydrogens (tertiary/aromatic N) is 4. The van der Waals surface area contributed by atoms with Gasteiger partial charge >= 0.3 is 0 Å². The second-order valence-electron chi connectivity index (χ2n) is 14.9. The maximum Gasteiger partial charge on any atom is 0.242 e. The van der Waals surface area contributed by atoms with Crippen LogP contribution in [0.4, 0.5) is 11.5 Å². The smallest absolute Gasteiger partial charge is 0.242 e. The molecule has 2 aliphatic heterocycles. The molecule has 9 rings (SSSR count). The summed E-state index contributed by atoms with van der Waals surface area (Å²) in [5.41, 5.74) is 2.19. The SMILES string of the molecule is COc1cc([C@H]2C3=CC[C@@H]4C(=O)N(c5ccccc5)C(=O)[C@@H]4[C@@H]3C[C@H]3C(=O)N(c4cc(-c5sc6ccc(Cl)cc6c5C)nn4C)C(=O)[C@@]23C)c(Br)c(Br)c1O. The Morgan fingerprint density at radius 2 is 1.71 bits per heavy atom. The van der Waals surface area contributed by atoms with E-state index in [1.807, 2.05) is 44.2 Å². The van der Waals surface area contributed by atoms with E-state index in [0.29, 0.717) is 43.2 Å². The van der Waals surface area contributed by atoms with Gasteiger partial charge in [0.25, 0.3) is 0 Å². The first-order valence-electron chi connectivity index (χ1n) is 17.8. The molecular formula is C41H33Br2ClN4O6S. The van der Waals surface area contributed by atoms with Crippen LogP contribution in [0.5, 0.6) is 11.5 Å². The number of phenols is 1. The van der Waals surface area contributed by atoms with Gasteiger partial charge in [0.2, 0.25) is 23.6 Å². The largest absolute Gasteiger partial charge is 0.503 e. The lowest BCUT2D eigenvalue weighted by Gasteiger charge is -2.49. The maximum atomic E-state index is 15.3. The molecule has 55 heavy (non-hydrogen) atoms. The van der Waals surface area contributed by atoms with Crippen LogP contribution >= 0.6 is 54.8 Å². The topological polar surface area (TPSA) is 122 Å². The minimum atomic E-state index is -1.34. The summed E-state index contributed by atoms with van der Waals surface area (Å²) in [7, 11) is 3.16. The fourth-order valence-electron chi connectivity index (χ4n) is 9.60. The first-order chi connectivity index (χ1) is 26.3. The molecule has 280 valence electrons. The number of phenolic OH excluding ortho intramolecular Hbond substituents is 1. The number of imide groups is 2. The van der Waals surface area contributed by atoms with Crippen molar-refractivity contribution in [3.8, 4) is 22.1 Å². The molecule has 10 nitrogen and oxygen atoms in total. The van der Waals surface area contributed by atoms with Gasteiger partial charge in [-0.2, -0.15) is 5.10 Å². The van der Waals surface area contributed by atoms with Gasteiger partial charge in [-0.05, 0) is 117 Å². The van der Waals surface area contributed by atoms with E-state index in [1.54, 1.807) is 59.5 Å². The fourth-order valence-corrected chi connectivity index (χ4v) is 11.9. The number of hydrogen-bond acceptors (Lipinski definition) is 8. The number of carbonyl (C=O) groups is 4. The molecule has 2 saturated heterocycles. The molecule has 0 unspecified atom stereocenters. The van der Waals surface area contributed by atoms with Gasteiger partial charge in [0.05, 0.1) is 45.3 Å². The average molecular weight is 905 g/mol. The average Bonchev–Trinajstić information content (AvgIpc) is 3.84. The Kier molecular flexibility index (Phi) is 8.50. The number of thiophene rings is 1. The van der Waals surface area contributed by atoms with Crippen molar-refractivity contribution < 1.29 is 29.0 Å². The van der Waals surface area contributed by atoms with Crippen molar-refractivity contribution in [3.63, 3.8) is 0 Å². The first-order valence-corrected chi connectivity index (χ1v) is 20.5. The summed E-state index contributed by atoms with van der Waals surface area (Å²) in [6.07, 6.45) is 2.49. The highest BCUT2D eigenvalue weighted by molar-refractivity contribution is 9.13. The molecule has 3 fully saturated rings. The molecular weight excluding hydrogens is 872 g/mol. The minimum Gasteiger partial charge on any atom is -0.503 e. The van der Waals surface area contributed by atoms with Gasteiger partial charge in [-0.3, -0.25) is 28.8 Å². The Balaban J connectivity index is 1.19. The van der Waals surface area contributed by atoms with Crippen LogP contribution in [0.15, 0.2) is 81.3 Å². The van der Waals surface area contributed by atoms with Crippen molar-refractivity contribution in [2.24, 2.45) is 36.1 Å². The van der Waals surface area contributed by atoms with Crippen molar-refractivity contribution in [1.29, 1.82) is 0 Å². The molecule has 4 aliphatic rings. The van der Waals surface area contributed by atoms with E-state index in [1.165, 1.54) is 16.9 Å². The molecule has 0 spiro atoms. The van der Waals surface area contributed by atoms with Gasteiger partial charge < -0.3 is 9.84 Å². The predicted molar refractivity (Wildman–Crippen MR) is 217 cm³/mol. The second kappa shape index (κ2) is 12.9. The molecule has 0 radical (unpaired) electrons. The molecule has 2 aromatic heterocycles. The molecule has 3 aromatic carbocycles. The number of aromatic hydroxyl groups is 1. The van der Waals surface area contributed by atoms with Gasteiger partial charge in [-0.1, -0.05) is 41.4 Å². The van der Waals surface area contributed by atoms with Crippen LogP contribution in [0.3, 0.4) is 0 Å². The number of halogens is 3. The highest BCUT2D eigenvalue weighted by Gasteiger charge is 2.68. The minimum absolute atomic E-state index is 0.128. The molecule has 0 bridgehead atoms. The third-order valence-corrected chi connectivity index (χ3v) is 15.9. The fraction of sp³-hybridized carbons (Fsp3) is 0.293. The van der Waals surface area contributed by atoms with Crippen molar-refractivity contribution in [2.75, 3.05) is 16.9 Å². The Morgan fingerprint density at radius 3 is 2.44 bits per heavy atom. The molecule has 4 amide bonds. The first kappa shape index (κ1) is 36.3. The zero-order valence-electron chi connectivity index (χ0n) is 30.0. The van der Waals surface area contributed by atoms with Crippen molar-refractivity contribution in [1.82, 2.24) is 9.78 Å². The van der Waals surface area contributed by atoms with Crippen LogP contribution in [0.1, 0.15) is 36.8 Å². The van der Waals surface area contributed by atoms with E-state index in [9.17, 15) is 19.5 Å². The summed E-state index contributed by atoms with van der Waals surface area (Å²) < 4.78 is 9.00. The maximum absolute atomic E-state index is 15.3. The summed E-state index contributed by atoms with van der Waals surface area (Å²) in [6.45, 7) is 3.82. The number of allylic oxidation sites excluding steroid dienone is 2. The van der Waals surface area contributed by atoms with E-state index in [0.717, 1.165) is 26.1 Å². The molecule has 1 N–H and O–H groups in total. The number of carbonyl (C=O) groups excluding carboxylic acids is 4. The Morgan fingerprint density at radius 1 is 0.964 bits per heavy atom. The molecule has 2 aliphatic carbocycles. The number of hydrogen-bond donors (Lipinski definition) is 1. The number of aromatic nitrogens is 2. The summed E-state index contributed by atoms with van der Waals surface area (Å²) in [5, 5.41) is 17.4. The van der Waals surface area contributed by atoms with E-state index in [2.05, 4.69) is 31.9 Å².